The van der Waals surface area contributed by atoms with Gasteiger partial charge in [0.2, 0.25) is 0 Å². The normalized spacial score (nSPS) is 10.5. The fourth-order valence-corrected chi connectivity index (χ4v) is 3.82. The first-order chi connectivity index (χ1) is 19.1. The van der Waals surface area contributed by atoms with Gasteiger partial charge < -0.3 is 24.8 Å². The molecule has 0 aliphatic carbocycles. The Hall–Kier alpha value is -5.38. The molecule has 3 aromatic carbocycles. The molecule has 10 nitrogen and oxygen atoms in total. The Bertz CT molecular complexity index is 1570. The zero-order valence-electron chi connectivity index (χ0n) is 21.4. The van der Waals surface area contributed by atoms with Crippen molar-refractivity contribution < 1.29 is 19.0 Å². The lowest BCUT2D eigenvalue weighted by atomic mass is 10.2. The third kappa shape index (κ3) is 6.31. The van der Waals surface area contributed by atoms with Gasteiger partial charge in [0.1, 0.15) is 23.0 Å². The lowest BCUT2D eigenvalue weighted by Gasteiger charge is -2.14. The molecule has 0 aliphatic heterocycles. The number of amides is 1. The summed E-state index contributed by atoms with van der Waals surface area (Å²) < 4.78 is 18.2. The average molecular weight is 523 g/mol. The van der Waals surface area contributed by atoms with Crippen molar-refractivity contribution in [2.24, 2.45) is 0 Å². The Morgan fingerprint density at radius 3 is 2.51 bits per heavy atom. The third-order valence-corrected chi connectivity index (χ3v) is 5.71. The highest BCUT2D eigenvalue weighted by Crippen LogP contribution is 2.33. The van der Waals surface area contributed by atoms with Crippen molar-refractivity contribution in [2.75, 3.05) is 24.9 Å². The summed E-state index contributed by atoms with van der Waals surface area (Å²) in [6.45, 7) is 0.420. The topological polar surface area (TPSA) is 112 Å². The molecule has 10 heteroatoms. The van der Waals surface area contributed by atoms with E-state index in [9.17, 15) is 4.79 Å². The molecule has 39 heavy (non-hydrogen) atoms. The van der Waals surface area contributed by atoms with Crippen LogP contribution >= 0.6 is 0 Å². The van der Waals surface area contributed by atoms with Crippen molar-refractivity contribution in [1.82, 2.24) is 20.0 Å². The largest absolute Gasteiger partial charge is 0.497 e. The highest BCUT2D eigenvalue weighted by atomic mass is 16.5. The van der Waals surface area contributed by atoms with E-state index < -0.39 is 5.91 Å². The minimum Gasteiger partial charge on any atom is -0.497 e. The molecular formula is C29H26N6O4. The van der Waals surface area contributed by atoms with Crippen LogP contribution < -0.4 is 24.8 Å². The number of nitrogens with zero attached hydrogens (tertiary/aromatic N) is 4. The van der Waals surface area contributed by atoms with Gasteiger partial charge in [0.05, 0.1) is 38.3 Å². The van der Waals surface area contributed by atoms with Gasteiger partial charge in [-0.1, -0.05) is 35.5 Å². The van der Waals surface area contributed by atoms with E-state index in [0.29, 0.717) is 41.0 Å². The number of ether oxygens (including phenoxy) is 3. The highest BCUT2D eigenvalue weighted by Gasteiger charge is 2.15. The summed E-state index contributed by atoms with van der Waals surface area (Å²) in [6, 6.07) is 26.1. The van der Waals surface area contributed by atoms with Gasteiger partial charge in [-0.3, -0.25) is 4.79 Å². The molecule has 196 valence electrons. The Morgan fingerprint density at radius 2 is 1.69 bits per heavy atom. The van der Waals surface area contributed by atoms with E-state index in [4.69, 9.17) is 14.2 Å². The van der Waals surface area contributed by atoms with Gasteiger partial charge in [-0.05, 0) is 54.1 Å². The number of aromatic nitrogens is 4. The predicted octanol–water partition coefficient (Wildman–Crippen LogP) is 5.53. The molecule has 0 unspecified atom stereocenters. The zero-order valence-corrected chi connectivity index (χ0v) is 21.4. The van der Waals surface area contributed by atoms with Crippen molar-refractivity contribution in [3.05, 3.63) is 109 Å². The Morgan fingerprint density at radius 1 is 0.846 bits per heavy atom. The summed E-state index contributed by atoms with van der Waals surface area (Å²) in [5.41, 5.74) is 2.26. The molecule has 1 amide bonds. The van der Waals surface area contributed by atoms with E-state index in [0.717, 1.165) is 11.3 Å². The van der Waals surface area contributed by atoms with Gasteiger partial charge in [0, 0.05) is 12.3 Å². The van der Waals surface area contributed by atoms with Gasteiger partial charge in [-0.2, -0.15) is 0 Å². The summed E-state index contributed by atoms with van der Waals surface area (Å²) >= 11 is 0. The maximum Gasteiger partial charge on any atom is 0.277 e. The van der Waals surface area contributed by atoms with Crippen molar-refractivity contribution in [1.29, 1.82) is 0 Å². The van der Waals surface area contributed by atoms with Gasteiger partial charge in [-0.25, -0.2) is 9.67 Å². The van der Waals surface area contributed by atoms with Crippen LogP contribution in [-0.4, -0.2) is 40.1 Å². The van der Waals surface area contributed by atoms with Gasteiger partial charge in [-0.15, -0.1) is 5.10 Å². The number of rotatable bonds is 10. The number of carbonyl (C=O) groups is 1. The quantitative estimate of drug-likeness (QED) is 0.246. The number of nitrogens with one attached hydrogen (secondary N) is 2. The number of methoxy groups -OCH3 is 2. The van der Waals surface area contributed by atoms with Crippen LogP contribution in [0.2, 0.25) is 0 Å². The van der Waals surface area contributed by atoms with Crippen molar-refractivity contribution in [3.63, 3.8) is 0 Å². The van der Waals surface area contributed by atoms with Crippen molar-refractivity contribution >= 4 is 23.1 Å². The van der Waals surface area contributed by atoms with Crippen LogP contribution in [0.25, 0.3) is 0 Å². The van der Waals surface area contributed by atoms with Crippen molar-refractivity contribution in [3.8, 4) is 23.0 Å². The molecule has 0 aliphatic rings. The molecule has 0 spiro atoms. The first kappa shape index (κ1) is 25.3. The molecule has 0 atom stereocenters. The molecule has 5 aromatic rings. The van der Waals surface area contributed by atoms with Gasteiger partial charge in [0.15, 0.2) is 11.5 Å². The maximum absolute atomic E-state index is 13.0. The molecular weight excluding hydrogens is 496 g/mol. The summed E-state index contributed by atoms with van der Waals surface area (Å²) in [7, 11) is 3.15. The molecule has 0 saturated carbocycles. The third-order valence-electron chi connectivity index (χ3n) is 5.71. The van der Waals surface area contributed by atoms with Gasteiger partial charge >= 0.3 is 0 Å². The van der Waals surface area contributed by atoms with Crippen LogP contribution in [-0.2, 0) is 6.54 Å². The minimum atomic E-state index is -0.417. The molecule has 0 radical (unpaired) electrons. The summed E-state index contributed by atoms with van der Waals surface area (Å²) in [5, 5.41) is 14.2. The monoisotopic (exact) mass is 522 g/mol. The van der Waals surface area contributed by atoms with E-state index >= 15 is 0 Å². The second kappa shape index (κ2) is 11.8. The van der Waals surface area contributed by atoms with Crippen LogP contribution in [0.3, 0.4) is 0 Å². The Balaban J connectivity index is 1.26. The molecule has 2 heterocycles. The van der Waals surface area contributed by atoms with Crippen LogP contribution in [0.1, 0.15) is 16.1 Å². The summed E-state index contributed by atoms with van der Waals surface area (Å²) in [6.07, 6.45) is 3.22. The summed E-state index contributed by atoms with van der Waals surface area (Å²) in [5.74, 6) is 2.71. The zero-order chi connectivity index (χ0) is 27.0. The second-order valence-corrected chi connectivity index (χ2v) is 8.41. The highest BCUT2D eigenvalue weighted by molar-refractivity contribution is 6.04. The van der Waals surface area contributed by atoms with E-state index in [-0.39, 0.29) is 5.69 Å². The van der Waals surface area contributed by atoms with E-state index in [1.54, 1.807) is 55.6 Å². The SMILES string of the molecule is COc1ccc(Nc2ncccc2NC(=O)c2cn(Cc3cccc(Oc4ccccc4)c3)nn2)c(OC)c1. The average Bonchev–Trinajstić information content (AvgIpc) is 3.43. The molecule has 2 N–H and O–H groups in total. The Labute approximate surface area is 225 Å². The first-order valence-electron chi connectivity index (χ1n) is 12.1. The molecule has 5 rings (SSSR count). The second-order valence-electron chi connectivity index (χ2n) is 8.41. The number of benzene rings is 3. The standard InChI is InChI=1S/C29H26N6O4/c1-37-22-13-14-24(27(17-22)38-2)31-28-25(12-7-15-30-28)32-29(36)26-19-35(34-33-26)18-20-8-6-11-23(16-20)39-21-9-4-3-5-10-21/h3-17,19H,18H2,1-2H3,(H,30,31)(H,32,36). The number of hydrogen-bond donors (Lipinski definition) is 2. The van der Waals surface area contributed by atoms with E-state index in [2.05, 4.69) is 25.9 Å². The smallest absolute Gasteiger partial charge is 0.277 e. The fraction of sp³-hybridized carbons (Fsp3) is 0.103. The van der Waals surface area contributed by atoms with Gasteiger partial charge in [0.25, 0.3) is 5.91 Å². The van der Waals surface area contributed by atoms with E-state index in [1.807, 2.05) is 60.7 Å². The van der Waals surface area contributed by atoms with E-state index in [1.165, 1.54) is 0 Å². The first-order valence-corrected chi connectivity index (χ1v) is 12.1. The maximum atomic E-state index is 13.0. The van der Waals surface area contributed by atoms with Crippen LogP contribution in [0.4, 0.5) is 17.2 Å². The van der Waals surface area contributed by atoms with Crippen molar-refractivity contribution in [2.45, 2.75) is 6.54 Å². The lowest BCUT2D eigenvalue weighted by molar-refractivity contribution is 0.102. The number of carbonyl (C=O) groups excluding carboxylic acids is 1. The van der Waals surface area contributed by atoms with Crippen LogP contribution in [0.5, 0.6) is 23.0 Å². The predicted molar refractivity (Wildman–Crippen MR) is 147 cm³/mol. The molecule has 0 bridgehead atoms. The molecule has 0 saturated heterocycles. The number of anilines is 3. The number of para-hydroxylation sites is 1. The van der Waals surface area contributed by atoms with Crippen LogP contribution in [0, 0.1) is 0 Å². The summed E-state index contributed by atoms with van der Waals surface area (Å²) in [4.78, 5) is 17.4. The fourth-order valence-electron chi connectivity index (χ4n) is 3.82. The number of hydrogen-bond acceptors (Lipinski definition) is 8. The lowest BCUT2D eigenvalue weighted by Crippen LogP contribution is -2.14. The molecule has 0 fully saturated rings. The van der Waals surface area contributed by atoms with Crippen LogP contribution in [0.15, 0.2) is 97.3 Å². The molecule has 2 aromatic heterocycles. The number of pyridine rings is 1. The Kier molecular flexibility index (Phi) is 7.63. The minimum absolute atomic E-state index is 0.170.